The molecule has 0 heterocycles. The van der Waals surface area contributed by atoms with Crippen molar-refractivity contribution in [1.82, 2.24) is 5.32 Å². The highest BCUT2D eigenvalue weighted by Crippen LogP contribution is 1.94. The summed E-state index contributed by atoms with van der Waals surface area (Å²) in [7, 11) is 0. The van der Waals surface area contributed by atoms with E-state index in [-0.39, 0.29) is 11.9 Å². The molecule has 0 bridgehead atoms. The molecular formula is C12H17N5. The fourth-order valence-corrected chi connectivity index (χ4v) is 1.41. The standard InChI is InChI=1S/C12H17N5/c1-3-8-5-6-9(4-2)10(7-8)16-12(15)17-11(13)14/h3-7H,1-2H3,(H6,13,14,15,16,17). The molecule has 0 aromatic heterocycles. The Hall–Kier alpha value is -2.30. The highest BCUT2D eigenvalue weighted by Gasteiger charge is 1.99. The lowest BCUT2D eigenvalue weighted by atomic mass is 10.2. The number of hydrogen-bond donors (Lipinski definition) is 5. The number of rotatable bonds is 1. The topological polar surface area (TPSA) is 97.8 Å². The summed E-state index contributed by atoms with van der Waals surface area (Å²) < 4.78 is 0. The molecule has 1 aromatic rings. The van der Waals surface area contributed by atoms with Crippen LogP contribution in [0.2, 0.25) is 0 Å². The summed E-state index contributed by atoms with van der Waals surface area (Å²) in [5.41, 5.74) is 5.96. The Balaban J connectivity index is 3.05. The SMILES string of the molecule is CC=c1ccc(=CC)c(NC(=N)NC(=N)N)c1. The fraction of sp³-hybridized carbons (Fsp3) is 0.167. The summed E-state index contributed by atoms with van der Waals surface area (Å²) in [5, 5.41) is 21.9. The Morgan fingerprint density at radius 2 is 1.94 bits per heavy atom. The Morgan fingerprint density at radius 3 is 2.47 bits per heavy atom. The van der Waals surface area contributed by atoms with Gasteiger partial charge in [-0.3, -0.25) is 16.1 Å². The first kappa shape index (κ1) is 12.8. The average molecular weight is 231 g/mol. The molecule has 1 aromatic carbocycles. The molecule has 5 nitrogen and oxygen atoms in total. The van der Waals surface area contributed by atoms with Gasteiger partial charge in [-0.15, -0.1) is 0 Å². The molecule has 0 amide bonds. The van der Waals surface area contributed by atoms with E-state index >= 15 is 0 Å². The van der Waals surface area contributed by atoms with Crippen LogP contribution in [0.15, 0.2) is 18.2 Å². The third-order valence-electron chi connectivity index (χ3n) is 2.24. The lowest BCUT2D eigenvalue weighted by Gasteiger charge is -2.09. The fourth-order valence-electron chi connectivity index (χ4n) is 1.41. The normalized spacial score (nSPS) is 12.4. The molecule has 0 saturated heterocycles. The van der Waals surface area contributed by atoms with Gasteiger partial charge in [0.25, 0.3) is 0 Å². The lowest BCUT2D eigenvalue weighted by Crippen LogP contribution is -2.40. The predicted molar refractivity (Wildman–Crippen MR) is 72.4 cm³/mol. The van der Waals surface area contributed by atoms with Gasteiger partial charge >= 0.3 is 0 Å². The maximum Gasteiger partial charge on any atom is 0.199 e. The summed E-state index contributed by atoms with van der Waals surface area (Å²) in [6, 6.07) is 5.91. The molecular weight excluding hydrogens is 214 g/mol. The second-order valence-corrected chi connectivity index (χ2v) is 3.46. The Kier molecular flexibility index (Phi) is 4.28. The number of benzene rings is 1. The first-order chi connectivity index (χ1) is 8.06. The molecule has 0 radical (unpaired) electrons. The third-order valence-corrected chi connectivity index (χ3v) is 2.24. The van der Waals surface area contributed by atoms with Crippen molar-refractivity contribution in [2.75, 3.05) is 5.32 Å². The lowest BCUT2D eigenvalue weighted by molar-refractivity contribution is 1.20. The molecule has 5 heteroatoms. The summed E-state index contributed by atoms with van der Waals surface area (Å²) >= 11 is 0. The highest BCUT2D eigenvalue weighted by molar-refractivity contribution is 6.02. The molecule has 0 atom stereocenters. The van der Waals surface area contributed by atoms with Gasteiger partial charge in [-0.2, -0.15) is 0 Å². The van der Waals surface area contributed by atoms with E-state index in [4.69, 9.17) is 16.6 Å². The summed E-state index contributed by atoms with van der Waals surface area (Å²) in [4.78, 5) is 0. The maximum absolute atomic E-state index is 7.59. The molecule has 0 spiro atoms. The smallest absolute Gasteiger partial charge is 0.199 e. The van der Waals surface area contributed by atoms with E-state index < -0.39 is 0 Å². The van der Waals surface area contributed by atoms with Gasteiger partial charge in [-0.1, -0.05) is 24.3 Å². The van der Waals surface area contributed by atoms with Crippen molar-refractivity contribution in [3.8, 4) is 0 Å². The van der Waals surface area contributed by atoms with Gasteiger partial charge in [-0.05, 0) is 30.4 Å². The van der Waals surface area contributed by atoms with Gasteiger partial charge in [0.05, 0.1) is 0 Å². The second-order valence-electron chi connectivity index (χ2n) is 3.46. The van der Waals surface area contributed by atoms with Gasteiger partial charge in [-0.25, -0.2) is 0 Å². The maximum atomic E-state index is 7.59. The molecule has 0 unspecified atom stereocenters. The van der Waals surface area contributed by atoms with E-state index in [1.807, 2.05) is 44.2 Å². The largest absolute Gasteiger partial charge is 0.370 e. The molecule has 1 rings (SSSR count). The van der Waals surface area contributed by atoms with Crippen molar-refractivity contribution < 1.29 is 0 Å². The molecule has 6 N–H and O–H groups in total. The first-order valence-electron chi connectivity index (χ1n) is 5.26. The van der Waals surface area contributed by atoms with Crippen LogP contribution in [0.5, 0.6) is 0 Å². The van der Waals surface area contributed by atoms with E-state index in [1.165, 1.54) is 0 Å². The van der Waals surface area contributed by atoms with Crippen molar-refractivity contribution in [2.45, 2.75) is 13.8 Å². The minimum Gasteiger partial charge on any atom is -0.370 e. The first-order valence-corrected chi connectivity index (χ1v) is 5.26. The minimum atomic E-state index is -0.261. The van der Waals surface area contributed by atoms with E-state index in [9.17, 15) is 0 Å². The van der Waals surface area contributed by atoms with E-state index in [0.29, 0.717) is 0 Å². The number of anilines is 1. The van der Waals surface area contributed by atoms with Crippen molar-refractivity contribution in [3.63, 3.8) is 0 Å². The van der Waals surface area contributed by atoms with Crippen LogP contribution in [0.1, 0.15) is 13.8 Å². The summed E-state index contributed by atoms with van der Waals surface area (Å²) in [5.74, 6) is -0.281. The van der Waals surface area contributed by atoms with E-state index in [1.54, 1.807) is 0 Å². The number of guanidine groups is 2. The van der Waals surface area contributed by atoms with Crippen molar-refractivity contribution in [2.24, 2.45) is 5.73 Å². The van der Waals surface area contributed by atoms with Gasteiger partial charge < -0.3 is 11.1 Å². The van der Waals surface area contributed by atoms with Crippen LogP contribution in [0, 0.1) is 10.8 Å². The zero-order chi connectivity index (χ0) is 12.8. The van der Waals surface area contributed by atoms with Crippen molar-refractivity contribution in [1.29, 1.82) is 10.8 Å². The molecule has 0 aliphatic rings. The number of hydrogen-bond acceptors (Lipinski definition) is 2. The van der Waals surface area contributed by atoms with Crippen LogP contribution in [0.3, 0.4) is 0 Å². The van der Waals surface area contributed by atoms with Gasteiger partial charge in [0.15, 0.2) is 11.9 Å². The highest BCUT2D eigenvalue weighted by atomic mass is 15.2. The van der Waals surface area contributed by atoms with Gasteiger partial charge in [0.1, 0.15) is 0 Å². The summed E-state index contributed by atoms with van der Waals surface area (Å²) in [6.07, 6.45) is 3.93. The zero-order valence-electron chi connectivity index (χ0n) is 9.96. The van der Waals surface area contributed by atoms with Crippen LogP contribution in [-0.2, 0) is 0 Å². The Bertz CT molecular complexity index is 545. The zero-order valence-corrected chi connectivity index (χ0v) is 9.96. The van der Waals surface area contributed by atoms with Gasteiger partial charge in [0, 0.05) is 5.69 Å². The quantitative estimate of drug-likeness (QED) is 0.350. The van der Waals surface area contributed by atoms with E-state index in [0.717, 1.165) is 16.1 Å². The van der Waals surface area contributed by atoms with Crippen LogP contribution < -0.4 is 26.8 Å². The second kappa shape index (κ2) is 5.69. The molecule has 0 fully saturated rings. The van der Waals surface area contributed by atoms with Crippen LogP contribution in [-0.4, -0.2) is 11.9 Å². The molecule has 0 saturated carbocycles. The Labute approximate surface area is 100 Å². The third kappa shape index (κ3) is 3.64. The molecule has 0 aliphatic carbocycles. The van der Waals surface area contributed by atoms with Crippen molar-refractivity contribution in [3.05, 3.63) is 28.6 Å². The van der Waals surface area contributed by atoms with Crippen LogP contribution in [0.4, 0.5) is 5.69 Å². The van der Waals surface area contributed by atoms with Crippen molar-refractivity contribution >= 4 is 29.8 Å². The number of nitrogens with one attached hydrogen (secondary N) is 4. The average Bonchev–Trinajstić information content (AvgIpc) is 2.27. The molecule has 90 valence electrons. The Morgan fingerprint density at radius 1 is 1.24 bits per heavy atom. The van der Waals surface area contributed by atoms with E-state index in [2.05, 4.69) is 10.6 Å². The number of nitrogens with two attached hydrogens (primary N) is 1. The monoisotopic (exact) mass is 231 g/mol. The predicted octanol–water partition coefficient (Wildman–Crippen LogP) is 0.117. The molecule has 17 heavy (non-hydrogen) atoms. The van der Waals surface area contributed by atoms with Gasteiger partial charge in [0.2, 0.25) is 0 Å². The van der Waals surface area contributed by atoms with Crippen LogP contribution in [0.25, 0.3) is 12.2 Å². The van der Waals surface area contributed by atoms with Crippen LogP contribution >= 0.6 is 0 Å². The summed E-state index contributed by atoms with van der Waals surface area (Å²) in [6.45, 7) is 3.88. The minimum absolute atomic E-state index is 0.0196. The molecule has 0 aliphatic heterocycles.